The molecule has 0 spiro atoms. The van der Waals surface area contributed by atoms with Gasteiger partial charge >= 0.3 is 5.97 Å². The SMILES string of the molecule is COC(=O)c1ccc(/C=N\OCc2nnc(-c3ccc(F)cc3)o2)cc1. The topological polar surface area (TPSA) is 86.8 Å². The van der Waals surface area contributed by atoms with Crippen molar-refractivity contribution in [2.24, 2.45) is 5.16 Å². The number of methoxy groups -OCH3 is 1. The molecule has 0 fully saturated rings. The van der Waals surface area contributed by atoms with Crippen molar-refractivity contribution in [2.45, 2.75) is 6.61 Å². The van der Waals surface area contributed by atoms with E-state index < -0.39 is 5.97 Å². The van der Waals surface area contributed by atoms with E-state index in [-0.39, 0.29) is 24.2 Å². The summed E-state index contributed by atoms with van der Waals surface area (Å²) in [7, 11) is 1.32. The standard InChI is InChI=1S/C18H14FN3O4/c1-24-18(23)14-4-2-12(3-5-14)10-20-25-11-16-21-22-17(26-16)13-6-8-15(19)9-7-13/h2-10H,11H2,1H3/b20-10-. The molecular weight excluding hydrogens is 341 g/mol. The van der Waals surface area contributed by atoms with Crippen LogP contribution in [0.1, 0.15) is 21.8 Å². The zero-order chi connectivity index (χ0) is 18.4. The third kappa shape index (κ3) is 4.29. The Labute approximate surface area is 148 Å². The predicted molar refractivity (Wildman–Crippen MR) is 89.9 cm³/mol. The number of oxime groups is 1. The van der Waals surface area contributed by atoms with E-state index in [0.29, 0.717) is 11.1 Å². The summed E-state index contributed by atoms with van der Waals surface area (Å²) in [6.45, 7) is -0.00899. The first-order chi connectivity index (χ1) is 12.7. The summed E-state index contributed by atoms with van der Waals surface area (Å²) in [5.74, 6) is -0.239. The van der Waals surface area contributed by atoms with Gasteiger partial charge in [0.2, 0.25) is 5.89 Å². The zero-order valence-electron chi connectivity index (χ0n) is 13.8. The number of hydrogen-bond acceptors (Lipinski definition) is 7. The molecule has 0 aliphatic rings. The Morgan fingerprint density at radius 2 is 1.88 bits per heavy atom. The van der Waals surface area contributed by atoms with E-state index in [1.54, 1.807) is 36.4 Å². The molecule has 7 nitrogen and oxygen atoms in total. The molecule has 0 unspecified atom stereocenters. The van der Waals surface area contributed by atoms with Crippen LogP contribution >= 0.6 is 0 Å². The van der Waals surface area contributed by atoms with Crippen LogP contribution in [-0.4, -0.2) is 29.5 Å². The van der Waals surface area contributed by atoms with Crippen molar-refractivity contribution in [3.8, 4) is 11.5 Å². The third-order valence-corrected chi connectivity index (χ3v) is 3.35. The number of carbonyl (C=O) groups is 1. The Bertz CT molecular complexity index is 905. The molecule has 0 saturated heterocycles. The van der Waals surface area contributed by atoms with Gasteiger partial charge in [-0.25, -0.2) is 9.18 Å². The van der Waals surface area contributed by atoms with Gasteiger partial charge in [0, 0.05) is 5.56 Å². The lowest BCUT2D eigenvalue weighted by atomic mass is 10.1. The summed E-state index contributed by atoms with van der Waals surface area (Å²) >= 11 is 0. The Morgan fingerprint density at radius 1 is 1.15 bits per heavy atom. The molecule has 0 bridgehead atoms. The number of ether oxygens (including phenoxy) is 1. The van der Waals surface area contributed by atoms with Crippen molar-refractivity contribution in [2.75, 3.05) is 7.11 Å². The average molecular weight is 355 g/mol. The summed E-state index contributed by atoms with van der Waals surface area (Å²) in [5.41, 5.74) is 1.80. The third-order valence-electron chi connectivity index (χ3n) is 3.35. The van der Waals surface area contributed by atoms with Crippen LogP contribution in [-0.2, 0) is 16.2 Å². The van der Waals surface area contributed by atoms with E-state index in [9.17, 15) is 9.18 Å². The number of carbonyl (C=O) groups excluding carboxylic acids is 1. The Hall–Kier alpha value is -3.55. The van der Waals surface area contributed by atoms with E-state index in [0.717, 1.165) is 5.56 Å². The van der Waals surface area contributed by atoms with E-state index in [1.807, 2.05) is 0 Å². The van der Waals surface area contributed by atoms with Crippen LogP contribution in [0.25, 0.3) is 11.5 Å². The first-order valence-electron chi connectivity index (χ1n) is 7.58. The Kier molecular flexibility index (Phi) is 5.33. The molecule has 0 atom stereocenters. The minimum atomic E-state index is -0.405. The number of benzene rings is 2. The van der Waals surface area contributed by atoms with E-state index in [4.69, 9.17) is 9.25 Å². The summed E-state index contributed by atoms with van der Waals surface area (Å²) < 4.78 is 23.0. The molecule has 2 aromatic carbocycles. The molecule has 0 N–H and O–H groups in total. The molecule has 0 aliphatic carbocycles. The normalized spacial score (nSPS) is 10.8. The highest BCUT2D eigenvalue weighted by Crippen LogP contribution is 2.18. The number of hydrogen-bond donors (Lipinski definition) is 0. The molecule has 0 amide bonds. The molecule has 0 saturated carbocycles. The van der Waals surface area contributed by atoms with Crippen molar-refractivity contribution in [3.63, 3.8) is 0 Å². The molecule has 3 aromatic rings. The Balaban J connectivity index is 1.54. The van der Waals surface area contributed by atoms with Crippen molar-refractivity contribution < 1.29 is 23.2 Å². The van der Waals surface area contributed by atoms with Gasteiger partial charge in [-0.05, 0) is 42.0 Å². The molecule has 26 heavy (non-hydrogen) atoms. The number of rotatable bonds is 6. The molecule has 132 valence electrons. The van der Waals surface area contributed by atoms with Crippen LogP contribution in [0.2, 0.25) is 0 Å². The molecule has 3 rings (SSSR count). The summed E-state index contributed by atoms with van der Waals surface area (Å²) in [4.78, 5) is 16.5. The summed E-state index contributed by atoms with van der Waals surface area (Å²) in [6.07, 6.45) is 1.48. The number of halogens is 1. The lowest BCUT2D eigenvalue weighted by Crippen LogP contribution is -2.00. The second-order valence-corrected chi connectivity index (χ2v) is 5.13. The minimum absolute atomic E-state index is 0.00899. The van der Waals surface area contributed by atoms with E-state index in [2.05, 4.69) is 20.1 Å². The molecule has 1 heterocycles. The fraction of sp³-hybridized carbons (Fsp3) is 0.111. The molecule has 1 aromatic heterocycles. The highest BCUT2D eigenvalue weighted by Gasteiger charge is 2.09. The van der Waals surface area contributed by atoms with Crippen molar-refractivity contribution in [1.82, 2.24) is 10.2 Å². The quantitative estimate of drug-likeness (QED) is 0.383. The fourth-order valence-electron chi connectivity index (χ4n) is 2.03. The monoisotopic (exact) mass is 355 g/mol. The number of esters is 1. The van der Waals surface area contributed by atoms with Crippen LogP contribution in [0.5, 0.6) is 0 Å². The van der Waals surface area contributed by atoms with Crippen LogP contribution in [0.3, 0.4) is 0 Å². The van der Waals surface area contributed by atoms with Gasteiger partial charge in [0.05, 0.1) is 18.9 Å². The molecule has 8 heteroatoms. The van der Waals surface area contributed by atoms with Crippen LogP contribution < -0.4 is 0 Å². The largest absolute Gasteiger partial charge is 0.465 e. The van der Waals surface area contributed by atoms with Gasteiger partial charge < -0.3 is 14.0 Å². The fourth-order valence-corrected chi connectivity index (χ4v) is 2.03. The number of nitrogens with zero attached hydrogens (tertiary/aromatic N) is 3. The Morgan fingerprint density at radius 3 is 2.58 bits per heavy atom. The lowest BCUT2D eigenvalue weighted by molar-refractivity contribution is 0.0600. The number of aromatic nitrogens is 2. The van der Waals surface area contributed by atoms with Gasteiger partial charge in [-0.3, -0.25) is 0 Å². The van der Waals surface area contributed by atoms with Crippen LogP contribution in [0, 0.1) is 5.82 Å². The highest BCUT2D eigenvalue weighted by atomic mass is 19.1. The smallest absolute Gasteiger partial charge is 0.337 e. The van der Waals surface area contributed by atoms with Crippen LogP contribution in [0.15, 0.2) is 58.1 Å². The van der Waals surface area contributed by atoms with Gasteiger partial charge in [-0.2, -0.15) is 0 Å². The van der Waals surface area contributed by atoms with E-state index >= 15 is 0 Å². The molecular formula is C18H14FN3O4. The van der Waals surface area contributed by atoms with Crippen molar-refractivity contribution in [1.29, 1.82) is 0 Å². The van der Waals surface area contributed by atoms with Crippen LogP contribution in [0.4, 0.5) is 4.39 Å². The first kappa shape index (κ1) is 17.3. The van der Waals surface area contributed by atoms with E-state index in [1.165, 1.54) is 25.5 Å². The molecule has 0 aliphatic heterocycles. The van der Waals surface area contributed by atoms with Gasteiger partial charge in [-0.15, -0.1) is 10.2 Å². The first-order valence-corrected chi connectivity index (χ1v) is 7.58. The van der Waals surface area contributed by atoms with Crippen molar-refractivity contribution >= 4 is 12.2 Å². The maximum Gasteiger partial charge on any atom is 0.337 e. The van der Waals surface area contributed by atoms with Gasteiger partial charge in [0.1, 0.15) is 5.82 Å². The lowest BCUT2D eigenvalue weighted by Gasteiger charge is -1.99. The maximum absolute atomic E-state index is 12.9. The summed E-state index contributed by atoms with van der Waals surface area (Å²) in [6, 6.07) is 12.4. The summed E-state index contributed by atoms with van der Waals surface area (Å²) in [5, 5.41) is 11.5. The minimum Gasteiger partial charge on any atom is -0.465 e. The highest BCUT2D eigenvalue weighted by molar-refractivity contribution is 5.90. The van der Waals surface area contributed by atoms with Crippen molar-refractivity contribution in [3.05, 3.63) is 71.4 Å². The second kappa shape index (κ2) is 8.02. The maximum atomic E-state index is 12.9. The van der Waals surface area contributed by atoms with Gasteiger partial charge in [0.25, 0.3) is 5.89 Å². The average Bonchev–Trinajstić information content (AvgIpc) is 3.14. The van der Waals surface area contributed by atoms with Gasteiger partial charge in [-0.1, -0.05) is 17.3 Å². The predicted octanol–water partition coefficient (Wildman–Crippen LogP) is 3.21. The van der Waals surface area contributed by atoms with Gasteiger partial charge in [0.15, 0.2) is 6.61 Å². The molecule has 0 radical (unpaired) electrons. The zero-order valence-corrected chi connectivity index (χ0v) is 13.8. The second-order valence-electron chi connectivity index (χ2n) is 5.13.